The van der Waals surface area contributed by atoms with Crippen LogP contribution in [0.2, 0.25) is 0 Å². The number of hydrogen-bond acceptors (Lipinski definition) is 3. The summed E-state index contributed by atoms with van der Waals surface area (Å²) >= 11 is 0. The second-order valence-corrected chi connectivity index (χ2v) is 7.92. The SMILES string of the molecule is CCCCCCCCCCCCCCCCC1(C(=O)NCCO)CCO1. The van der Waals surface area contributed by atoms with Crippen molar-refractivity contribution in [2.45, 2.75) is 115 Å². The second-order valence-electron chi connectivity index (χ2n) is 7.92. The highest BCUT2D eigenvalue weighted by atomic mass is 16.5. The molecule has 1 heterocycles. The molecule has 1 aliphatic rings. The first-order valence-electron chi connectivity index (χ1n) is 11.3. The molecule has 4 heteroatoms. The smallest absolute Gasteiger partial charge is 0.252 e. The Hall–Kier alpha value is -0.610. The summed E-state index contributed by atoms with van der Waals surface area (Å²) in [6.07, 6.45) is 20.5. The van der Waals surface area contributed by atoms with Gasteiger partial charge in [-0.1, -0.05) is 96.8 Å². The van der Waals surface area contributed by atoms with Crippen LogP contribution in [0.25, 0.3) is 0 Å². The molecule has 0 saturated carbocycles. The maximum Gasteiger partial charge on any atom is 0.252 e. The Balaban J connectivity index is 1.87. The molecular formula is C22H43NO3. The molecule has 4 nitrogen and oxygen atoms in total. The molecule has 0 aromatic carbocycles. The molecule has 0 aromatic rings. The summed E-state index contributed by atoms with van der Waals surface area (Å²) in [6.45, 7) is 3.27. The van der Waals surface area contributed by atoms with Crippen LogP contribution >= 0.6 is 0 Å². The molecule has 0 aliphatic carbocycles. The van der Waals surface area contributed by atoms with Gasteiger partial charge < -0.3 is 15.2 Å². The van der Waals surface area contributed by atoms with Crippen LogP contribution in [0, 0.1) is 0 Å². The quantitative estimate of drug-likeness (QED) is 0.329. The van der Waals surface area contributed by atoms with Crippen molar-refractivity contribution in [1.82, 2.24) is 5.32 Å². The second kappa shape index (κ2) is 15.4. The summed E-state index contributed by atoms with van der Waals surface area (Å²) in [4.78, 5) is 12.1. The van der Waals surface area contributed by atoms with Crippen LogP contribution in [0.4, 0.5) is 0 Å². The average Bonchev–Trinajstić information content (AvgIpc) is 2.61. The van der Waals surface area contributed by atoms with Crippen LogP contribution in [0.15, 0.2) is 0 Å². The van der Waals surface area contributed by atoms with E-state index in [1.807, 2.05) is 0 Å². The fourth-order valence-corrected chi connectivity index (χ4v) is 3.77. The lowest BCUT2D eigenvalue weighted by atomic mass is 9.87. The molecule has 0 aromatic heterocycles. The van der Waals surface area contributed by atoms with E-state index in [4.69, 9.17) is 9.84 Å². The highest BCUT2D eigenvalue weighted by Gasteiger charge is 2.44. The Morgan fingerprint density at radius 2 is 1.35 bits per heavy atom. The minimum absolute atomic E-state index is 0.0132. The molecule has 26 heavy (non-hydrogen) atoms. The van der Waals surface area contributed by atoms with Crippen LogP contribution in [0.1, 0.15) is 110 Å². The molecule has 0 radical (unpaired) electrons. The molecule has 0 spiro atoms. The molecular weight excluding hydrogens is 326 g/mol. The lowest BCUT2D eigenvalue weighted by Crippen LogP contribution is -2.56. The van der Waals surface area contributed by atoms with E-state index in [9.17, 15) is 4.79 Å². The zero-order chi connectivity index (χ0) is 18.9. The van der Waals surface area contributed by atoms with E-state index in [0.717, 1.165) is 19.3 Å². The van der Waals surface area contributed by atoms with E-state index in [-0.39, 0.29) is 12.5 Å². The van der Waals surface area contributed by atoms with Crippen molar-refractivity contribution in [1.29, 1.82) is 0 Å². The molecule has 2 N–H and O–H groups in total. The van der Waals surface area contributed by atoms with Crippen LogP contribution in [0.5, 0.6) is 0 Å². The summed E-state index contributed by atoms with van der Waals surface area (Å²) in [5.74, 6) is -0.0347. The van der Waals surface area contributed by atoms with Crippen molar-refractivity contribution in [3.63, 3.8) is 0 Å². The van der Waals surface area contributed by atoms with E-state index in [2.05, 4.69) is 12.2 Å². The highest BCUT2D eigenvalue weighted by molar-refractivity contribution is 5.85. The molecule has 0 bridgehead atoms. The lowest BCUT2D eigenvalue weighted by Gasteiger charge is -2.40. The number of ether oxygens (including phenoxy) is 1. The normalized spacial score (nSPS) is 19.3. The van der Waals surface area contributed by atoms with E-state index in [1.54, 1.807) is 0 Å². The van der Waals surface area contributed by atoms with Gasteiger partial charge in [-0.2, -0.15) is 0 Å². The van der Waals surface area contributed by atoms with Gasteiger partial charge in [-0.25, -0.2) is 0 Å². The minimum Gasteiger partial charge on any atom is -0.395 e. The maximum absolute atomic E-state index is 12.1. The van der Waals surface area contributed by atoms with Gasteiger partial charge in [0.25, 0.3) is 5.91 Å². The third-order valence-electron chi connectivity index (χ3n) is 5.63. The number of rotatable bonds is 18. The number of nitrogens with one attached hydrogen (secondary N) is 1. The first-order chi connectivity index (χ1) is 12.7. The molecule has 154 valence electrons. The number of unbranched alkanes of at least 4 members (excludes halogenated alkanes) is 13. The van der Waals surface area contributed by atoms with Crippen LogP contribution in [-0.4, -0.2) is 36.4 Å². The maximum atomic E-state index is 12.1. The number of carbonyl (C=O) groups is 1. The molecule has 1 aliphatic heterocycles. The Morgan fingerprint density at radius 1 is 0.885 bits per heavy atom. The van der Waals surface area contributed by atoms with Crippen molar-refractivity contribution in [3.8, 4) is 0 Å². The van der Waals surface area contributed by atoms with E-state index < -0.39 is 5.60 Å². The largest absolute Gasteiger partial charge is 0.395 e. The minimum atomic E-state index is -0.591. The van der Waals surface area contributed by atoms with E-state index in [0.29, 0.717) is 13.2 Å². The third kappa shape index (κ3) is 9.91. The monoisotopic (exact) mass is 369 g/mol. The van der Waals surface area contributed by atoms with Crippen molar-refractivity contribution < 1.29 is 14.6 Å². The summed E-state index contributed by atoms with van der Waals surface area (Å²) in [5.41, 5.74) is -0.591. The van der Waals surface area contributed by atoms with Gasteiger partial charge in [0.1, 0.15) is 5.60 Å². The van der Waals surface area contributed by atoms with Crippen LogP contribution in [-0.2, 0) is 9.53 Å². The zero-order valence-corrected chi connectivity index (χ0v) is 17.2. The van der Waals surface area contributed by atoms with E-state index in [1.165, 1.54) is 83.5 Å². The number of amides is 1. The number of aliphatic hydroxyl groups is 1. The van der Waals surface area contributed by atoms with Gasteiger partial charge in [-0.3, -0.25) is 4.79 Å². The third-order valence-corrected chi connectivity index (χ3v) is 5.63. The van der Waals surface area contributed by atoms with Crippen molar-refractivity contribution in [2.24, 2.45) is 0 Å². The van der Waals surface area contributed by atoms with Crippen LogP contribution < -0.4 is 5.32 Å². The average molecular weight is 370 g/mol. The number of carbonyl (C=O) groups excluding carboxylic acids is 1. The number of aliphatic hydroxyl groups excluding tert-OH is 1. The first-order valence-corrected chi connectivity index (χ1v) is 11.3. The molecule has 1 saturated heterocycles. The molecule has 1 fully saturated rings. The Morgan fingerprint density at radius 3 is 1.73 bits per heavy atom. The lowest BCUT2D eigenvalue weighted by molar-refractivity contribution is -0.179. The topological polar surface area (TPSA) is 58.6 Å². The Labute approximate surface area is 161 Å². The highest BCUT2D eigenvalue weighted by Crippen LogP contribution is 2.32. The van der Waals surface area contributed by atoms with Crippen molar-refractivity contribution >= 4 is 5.91 Å². The number of hydrogen-bond donors (Lipinski definition) is 2. The Kier molecular flexibility index (Phi) is 13.9. The predicted molar refractivity (Wildman–Crippen MR) is 108 cm³/mol. The summed E-state index contributed by atoms with van der Waals surface area (Å²) in [6, 6.07) is 0. The standard InChI is InChI=1S/C22H43NO3/c1-2-3-4-5-6-7-8-9-10-11-12-13-14-15-16-22(17-20-26-22)21(25)23-18-19-24/h24H,2-20H2,1H3,(H,23,25). The van der Waals surface area contributed by atoms with Crippen molar-refractivity contribution in [3.05, 3.63) is 0 Å². The van der Waals surface area contributed by atoms with Gasteiger partial charge in [0.05, 0.1) is 13.2 Å². The predicted octanol–water partition coefficient (Wildman–Crippen LogP) is 5.13. The molecule has 1 unspecified atom stereocenters. The fourth-order valence-electron chi connectivity index (χ4n) is 3.77. The summed E-state index contributed by atoms with van der Waals surface area (Å²) in [5, 5.41) is 11.6. The van der Waals surface area contributed by atoms with Gasteiger partial charge in [-0.15, -0.1) is 0 Å². The Bertz CT molecular complexity index is 342. The first kappa shape index (κ1) is 23.4. The molecule has 1 atom stereocenters. The fraction of sp³-hybridized carbons (Fsp3) is 0.955. The van der Waals surface area contributed by atoms with E-state index >= 15 is 0 Å². The van der Waals surface area contributed by atoms with Crippen molar-refractivity contribution in [2.75, 3.05) is 19.8 Å². The zero-order valence-electron chi connectivity index (χ0n) is 17.2. The van der Waals surface area contributed by atoms with Gasteiger partial charge >= 0.3 is 0 Å². The summed E-state index contributed by atoms with van der Waals surface area (Å²) in [7, 11) is 0. The van der Waals surface area contributed by atoms with Gasteiger partial charge in [-0.05, 0) is 6.42 Å². The van der Waals surface area contributed by atoms with Gasteiger partial charge in [0, 0.05) is 13.0 Å². The molecule has 1 rings (SSSR count). The van der Waals surface area contributed by atoms with Crippen LogP contribution in [0.3, 0.4) is 0 Å². The van der Waals surface area contributed by atoms with Gasteiger partial charge in [0.2, 0.25) is 0 Å². The molecule has 1 amide bonds. The summed E-state index contributed by atoms with van der Waals surface area (Å²) < 4.78 is 5.60. The van der Waals surface area contributed by atoms with Gasteiger partial charge in [0.15, 0.2) is 0 Å².